The summed E-state index contributed by atoms with van der Waals surface area (Å²) < 4.78 is -1.08. The average Bonchev–Trinajstić information content (AvgIpc) is 2.90. The van der Waals surface area contributed by atoms with E-state index in [0.717, 1.165) is 0 Å². The van der Waals surface area contributed by atoms with Crippen LogP contribution in [0.5, 0.6) is 0 Å². The van der Waals surface area contributed by atoms with E-state index < -0.39 is 21.7 Å². The van der Waals surface area contributed by atoms with Gasteiger partial charge in [0.2, 0.25) is 5.91 Å². The van der Waals surface area contributed by atoms with Gasteiger partial charge < -0.3 is 5.32 Å². The Bertz CT molecular complexity index is 547. The molecule has 1 aliphatic carbocycles. The highest BCUT2D eigenvalue weighted by atomic mass is 35.5. The molecule has 1 atom stereocenters. The van der Waals surface area contributed by atoms with Crippen molar-refractivity contribution >= 4 is 52.4 Å². The molecule has 1 fully saturated rings. The smallest absolute Gasteiger partial charge is 0.307 e. The quantitative estimate of drug-likeness (QED) is 0.574. The fourth-order valence-corrected chi connectivity index (χ4v) is 2.43. The van der Waals surface area contributed by atoms with Crippen LogP contribution in [0.4, 0.5) is 10.5 Å². The first-order chi connectivity index (χ1) is 9.24. The molecule has 1 aromatic carbocycles. The van der Waals surface area contributed by atoms with Crippen LogP contribution < -0.4 is 16.2 Å². The summed E-state index contributed by atoms with van der Waals surface area (Å²) in [5.41, 5.74) is 4.17. The lowest BCUT2D eigenvalue weighted by atomic mass is 10.1. The molecule has 0 saturated heterocycles. The van der Waals surface area contributed by atoms with Gasteiger partial charge in [0, 0.05) is 10.7 Å². The van der Waals surface area contributed by atoms with Crippen molar-refractivity contribution in [3.05, 3.63) is 29.3 Å². The Labute approximate surface area is 130 Å². The van der Waals surface area contributed by atoms with Crippen molar-refractivity contribution in [2.75, 3.05) is 5.32 Å². The standard InChI is InChI=1S/C12H12Cl3N3O2/c1-11(6-12(11,14)15)9(19)17-18-10(20)16-8-4-2-7(13)3-5-8/h2-5H,6H2,1H3,(H,17,19)(H2,16,18,20)/t11-/m1/s1. The zero-order valence-corrected chi connectivity index (χ0v) is 12.7. The molecular weight excluding hydrogens is 325 g/mol. The molecule has 8 heteroatoms. The molecule has 0 aromatic heterocycles. The van der Waals surface area contributed by atoms with Gasteiger partial charge in [-0.3, -0.25) is 10.2 Å². The zero-order chi connectivity index (χ0) is 15.0. The molecule has 1 aliphatic rings. The number of nitrogens with one attached hydrogen (secondary N) is 3. The van der Waals surface area contributed by atoms with Crippen molar-refractivity contribution in [3.8, 4) is 0 Å². The van der Waals surface area contributed by atoms with E-state index in [1.165, 1.54) is 0 Å². The number of urea groups is 1. The molecule has 3 amide bonds. The number of hydrazine groups is 1. The lowest BCUT2D eigenvalue weighted by Gasteiger charge is -2.13. The third-order valence-electron chi connectivity index (χ3n) is 3.15. The van der Waals surface area contributed by atoms with E-state index in [-0.39, 0.29) is 0 Å². The molecule has 2 rings (SSSR count). The number of carbonyl (C=O) groups excluding carboxylic acids is 2. The molecule has 1 aromatic rings. The maximum atomic E-state index is 11.8. The van der Waals surface area contributed by atoms with Gasteiger partial charge in [-0.15, -0.1) is 23.2 Å². The number of amides is 3. The Balaban J connectivity index is 1.81. The molecule has 0 bridgehead atoms. The Morgan fingerprint density at radius 1 is 1.15 bits per heavy atom. The van der Waals surface area contributed by atoms with E-state index in [1.807, 2.05) is 0 Å². The second-order valence-electron chi connectivity index (χ2n) is 4.75. The minimum atomic E-state index is -1.08. The number of alkyl halides is 2. The highest BCUT2D eigenvalue weighted by molar-refractivity contribution is 6.53. The van der Waals surface area contributed by atoms with Crippen LogP contribution in [-0.2, 0) is 4.79 Å². The number of hydrogen-bond acceptors (Lipinski definition) is 2. The van der Waals surface area contributed by atoms with E-state index in [4.69, 9.17) is 34.8 Å². The lowest BCUT2D eigenvalue weighted by Crippen LogP contribution is -2.47. The van der Waals surface area contributed by atoms with Crippen molar-refractivity contribution in [3.63, 3.8) is 0 Å². The maximum absolute atomic E-state index is 11.8. The molecule has 108 valence electrons. The van der Waals surface area contributed by atoms with Crippen LogP contribution in [0.1, 0.15) is 13.3 Å². The summed E-state index contributed by atoms with van der Waals surface area (Å²) in [6.45, 7) is 1.63. The molecule has 0 spiro atoms. The van der Waals surface area contributed by atoms with Crippen molar-refractivity contribution in [1.82, 2.24) is 10.9 Å². The van der Waals surface area contributed by atoms with Crippen molar-refractivity contribution in [1.29, 1.82) is 0 Å². The average molecular weight is 337 g/mol. The van der Waals surface area contributed by atoms with Gasteiger partial charge in [0.25, 0.3) is 0 Å². The summed E-state index contributed by atoms with van der Waals surface area (Å²) in [5, 5.41) is 3.09. The monoisotopic (exact) mass is 335 g/mol. The maximum Gasteiger partial charge on any atom is 0.337 e. The Hall–Kier alpha value is -1.17. The molecule has 0 unspecified atom stereocenters. The van der Waals surface area contributed by atoms with Crippen LogP contribution in [0.25, 0.3) is 0 Å². The van der Waals surface area contributed by atoms with Crippen LogP contribution in [0.15, 0.2) is 24.3 Å². The first-order valence-corrected chi connectivity index (χ1v) is 6.89. The first-order valence-electron chi connectivity index (χ1n) is 5.75. The van der Waals surface area contributed by atoms with E-state index in [9.17, 15) is 9.59 Å². The van der Waals surface area contributed by atoms with Crippen molar-refractivity contribution in [2.24, 2.45) is 5.41 Å². The molecular formula is C12H12Cl3N3O2. The third kappa shape index (κ3) is 3.11. The van der Waals surface area contributed by atoms with Gasteiger partial charge in [0.1, 0.15) is 4.33 Å². The van der Waals surface area contributed by atoms with Crippen LogP contribution in [0.3, 0.4) is 0 Å². The SMILES string of the molecule is C[C@]1(C(=O)NNC(=O)Nc2ccc(Cl)cc2)CC1(Cl)Cl. The van der Waals surface area contributed by atoms with E-state index in [0.29, 0.717) is 17.1 Å². The number of halogens is 3. The van der Waals surface area contributed by atoms with E-state index in [2.05, 4.69) is 16.2 Å². The van der Waals surface area contributed by atoms with Gasteiger partial charge in [0.15, 0.2) is 0 Å². The molecule has 3 N–H and O–H groups in total. The summed E-state index contributed by atoms with van der Waals surface area (Å²) in [7, 11) is 0. The summed E-state index contributed by atoms with van der Waals surface area (Å²) in [6, 6.07) is 5.95. The first kappa shape index (κ1) is 15.2. The summed E-state index contributed by atoms with van der Waals surface area (Å²) in [6.07, 6.45) is 0.343. The van der Waals surface area contributed by atoms with Gasteiger partial charge in [-0.25, -0.2) is 10.2 Å². The second kappa shape index (κ2) is 5.31. The Morgan fingerprint density at radius 2 is 1.70 bits per heavy atom. The minimum Gasteiger partial charge on any atom is -0.307 e. The molecule has 20 heavy (non-hydrogen) atoms. The van der Waals surface area contributed by atoms with Gasteiger partial charge in [-0.1, -0.05) is 11.6 Å². The molecule has 0 heterocycles. The largest absolute Gasteiger partial charge is 0.337 e. The number of rotatable bonds is 2. The number of hydrogen-bond donors (Lipinski definition) is 3. The Kier molecular flexibility index (Phi) is 4.04. The lowest BCUT2D eigenvalue weighted by molar-refractivity contribution is -0.126. The van der Waals surface area contributed by atoms with Crippen LogP contribution in [0, 0.1) is 5.41 Å². The molecule has 0 radical (unpaired) electrons. The van der Waals surface area contributed by atoms with Gasteiger partial charge in [0.05, 0.1) is 5.41 Å². The predicted molar refractivity (Wildman–Crippen MR) is 78.9 cm³/mol. The highest BCUT2D eigenvalue weighted by Crippen LogP contribution is 2.63. The fraction of sp³-hybridized carbons (Fsp3) is 0.333. The predicted octanol–water partition coefficient (Wildman–Crippen LogP) is 3.08. The Morgan fingerprint density at radius 3 is 2.20 bits per heavy atom. The van der Waals surface area contributed by atoms with Crippen molar-refractivity contribution < 1.29 is 9.59 Å². The summed E-state index contributed by atoms with van der Waals surface area (Å²) in [4.78, 5) is 23.4. The molecule has 5 nitrogen and oxygen atoms in total. The highest BCUT2D eigenvalue weighted by Gasteiger charge is 2.68. The third-order valence-corrected chi connectivity index (χ3v) is 4.50. The number of benzene rings is 1. The number of carbonyl (C=O) groups is 2. The van der Waals surface area contributed by atoms with Crippen LogP contribution in [-0.4, -0.2) is 16.3 Å². The normalized spacial score (nSPS) is 22.8. The van der Waals surface area contributed by atoms with Crippen molar-refractivity contribution in [2.45, 2.75) is 17.7 Å². The van der Waals surface area contributed by atoms with Gasteiger partial charge in [-0.2, -0.15) is 0 Å². The summed E-state index contributed by atoms with van der Waals surface area (Å²) >= 11 is 17.5. The van der Waals surface area contributed by atoms with Crippen LogP contribution >= 0.6 is 34.8 Å². The second-order valence-corrected chi connectivity index (χ2v) is 6.67. The number of anilines is 1. The fourth-order valence-electron chi connectivity index (χ4n) is 1.59. The molecule has 0 aliphatic heterocycles. The topological polar surface area (TPSA) is 70.2 Å². The van der Waals surface area contributed by atoms with Gasteiger partial charge >= 0.3 is 6.03 Å². The molecule has 1 saturated carbocycles. The minimum absolute atomic E-state index is 0.343. The summed E-state index contributed by atoms with van der Waals surface area (Å²) in [5.74, 6) is -0.436. The van der Waals surface area contributed by atoms with E-state index >= 15 is 0 Å². The van der Waals surface area contributed by atoms with Crippen LogP contribution in [0.2, 0.25) is 5.02 Å². The van der Waals surface area contributed by atoms with E-state index in [1.54, 1.807) is 31.2 Å². The van der Waals surface area contributed by atoms with Gasteiger partial charge in [-0.05, 0) is 37.6 Å². The zero-order valence-electron chi connectivity index (χ0n) is 10.5.